The van der Waals surface area contributed by atoms with Crippen LogP contribution in [0.4, 0.5) is 0 Å². The monoisotopic (exact) mass is 269 g/mol. The molecule has 0 aromatic heterocycles. The maximum atomic E-state index is 5.27. The van der Waals surface area contributed by atoms with Gasteiger partial charge in [-0.05, 0) is 60.3 Å². The molecule has 1 aliphatic rings. The summed E-state index contributed by atoms with van der Waals surface area (Å²) in [7, 11) is 1.71. The molecule has 1 unspecified atom stereocenters. The van der Waals surface area contributed by atoms with E-state index >= 15 is 0 Å². The van der Waals surface area contributed by atoms with Crippen LogP contribution in [-0.4, -0.2) is 13.7 Å². The fourth-order valence-electron chi connectivity index (χ4n) is 2.67. The summed E-state index contributed by atoms with van der Waals surface area (Å²) in [4.78, 5) is 0. The molecule has 1 fully saturated rings. The standard InChI is InChI=1S/C18H23NO/c1-13(19-10-9-14-3-4-14)15-5-6-17-12-18(20-2)8-7-16(17)11-15/h5-8,11-14,19H,3-4,9-10H2,1-2H3. The third kappa shape index (κ3) is 3.13. The maximum absolute atomic E-state index is 5.27. The van der Waals surface area contributed by atoms with Crippen molar-refractivity contribution in [1.29, 1.82) is 0 Å². The third-order valence-electron chi connectivity index (χ3n) is 4.27. The van der Waals surface area contributed by atoms with Crippen LogP contribution in [0.15, 0.2) is 36.4 Å². The molecule has 0 bridgehead atoms. The molecule has 1 atom stereocenters. The van der Waals surface area contributed by atoms with E-state index in [1.54, 1.807) is 7.11 Å². The average Bonchev–Trinajstić information content (AvgIpc) is 3.30. The lowest BCUT2D eigenvalue weighted by Crippen LogP contribution is -2.20. The second-order valence-corrected chi connectivity index (χ2v) is 5.88. The first kappa shape index (κ1) is 13.4. The summed E-state index contributed by atoms with van der Waals surface area (Å²) >= 11 is 0. The van der Waals surface area contributed by atoms with Gasteiger partial charge in [0.25, 0.3) is 0 Å². The van der Waals surface area contributed by atoms with Crippen LogP contribution in [0, 0.1) is 5.92 Å². The Balaban J connectivity index is 1.70. The molecule has 2 aromatic rings. The van der Waals surface area contributed by atoms with Crippen molar-refractivity contribution < 1.29 is 4.74 Å². The zero-order chi connectivity index (χ0) is 13.9. The molecule has 0 aliphatic heterocycles. The molecule has 1 saturated carbocycles. The minimum atomic E-state index is 0.417. The van der Waals surface area contributed by atoms with E-state index in [4.69, 9.17) is 4.74 Å². The number of hydrogen-bond acceptors (Lipinski definition) is 2. The Hall–Kier alpha value is -1.54. The van der Waals surface area contributed by atoms with Gasteiger partial charge in [-0.3, -0.25) is 0 Å². The van der Waals surface area contributed by atoms with Crippen molar-refractivity contribution in [2.75, 3.05) is 13.7 Å². The predicted octanol–water partition coefficient (Wildman–Crippen LogP) is 4.30. The van der Waals surface area contributed by atoms with Gasteiger partial charge in [0.2, 0.25) is 0 Å². The van der Waals surface area contributed by atoms with Gasteiger partial charge in [-0.15, -0.1) is 0 Å². The van der Waals surface area contributed by atoms with Crippen molar-refractivity contribution in [1.82, 2.24) is 5.32 Å². The number of benzene rings is 2. The molecule has 0 spiro atoms. The van der Waals surface area contributed by atoms with Crippen LogP contribution in [0.25, 0.3) is 10.8 Å². The van der Waals surface area contributed by atoms with Gasteiger partial charge in [-0.2, -0.15) is 0 Å². The summed E-state index contributed by atoms with van der Waals surface area (Å²) in [6.07, 6.45) is 4.21. The number of methoxy groups -OCH3 is 1. The highest BCUT2D eigenvalue weighted by Gasteiger charge is 2.20. The van der Waals surface area contributed by atoms with Crippen LogP contribution >= 0.6 is 0 Å². The van der Waals surface area contributed by atoms with E-state index in [9.17, 15) is 0 Å². The normalized spacial score (nSPS) is 16.3. The highest BCUT2D eigenvalue weighted by molar-refractivity contribution is 5.84. The van der Waals surface area contributed by atoms with Gasteiger partial charge in [0.1, 0.15) is 5.75 Å². The predicted molar refractivity (Wildman–Crippen MR) is 84.3 cm³/mol. The van der Waals surface area contributed by atoms with Crippen LogP contribution in [-0.2, 0) is 0 Å². The van der Waals surface area contributed by atoms with E-state index in [2.05, 4.69) is 42.6 Å². The van der Waals surface area contributed by atoms with Gasteiger partial charge in [-0.25, -0.2) is 0 Å². The van der Waals surface area contributed by atoms with E-state index in [1.165, 1.54) is 35.6 Å². The zero-order valence-corrected chi connectivity index (χ0v) is 12.4. The number of ether oxygens (including phenoxy) is 1. The molecule has 1 aliphatic carbocycles. The lowest BCUT2D eigenvalue weighted by Gasteiger charge is -2.15. The summed E-state index contributed by atoms with van der Waals surface area (Å²) in [5.74, 6) is 1.92. The van der Waals surface area contributed by atoms with E-state index in [1.807, 2.05) is 6.07 Å². The van der Waals surface area contributed by atoms with Gasteiger partial charge in [0, 0.05) is 6.04 Å². The molecule has 2 aromatic carbocycles. The van der Waals surface area contributed by atoms with Crippen molar-refractivity contribution >= 4 is 10.8 Å². The molecule has 0 heterocycles. The van der Waals surface area contributed by atoms with Crippen molar-refractivity contribution in [3.63, 3.8) is 0 Å². The van der Waals surface area contributed by atoms with Gasteiger partial charge >= 0.3 is 0 Å². The van der Waals surface area contributed by atoms with Crippen LogP contribution < -0.4 is 10.1 Å². The number of rotatable bonds is 6. The molecular weight excluding hydrogens is 246 g/mol. The van der Waals surface area contributed by atoms with Crippen molar-refractivity contribution in [3.05, 3.63) is 42.0 Å². The molecule has 106 valence electrons. The zero-order valence-electron chi connectivity index (χ0n) is 12.4. The summed E-state index contributed by atoms with van der Waals surface area (Å²) in [6, 6.07) is 13.4. The number of hydrogen-bond donors (Lipinski definition) is 1. The Morgan fingerprint density at radius 2 is 1.90 bits per heavy atom. The largest absolute Gasteiger partial charge is 0.497 e. The lowest BCUT2D eigenvalue weighted by molar-refractivity contribution is 0.415. The highest BCUT2D eigenvalue weighted by atomic mass is 16.5. The second kappa shape index (κ2) is 5.84. The second-order valence-electron chi connectivity index (χ2n) is 5.88. The van der Waals surface area contributed by atoms with E-state index < -0.39 is 0 Å². The molecule has 2 nitrogen and oxygen atoms in total. The Morgan fingerprint density at radius 3 is 2.65 bits per heavy atom. The van der Waals surface area contributed by atoms with E-state index in [-0.39, 0.29) is 0 Å². The van der Waals surface area contributed by atoms with Crippen LogP contribution in [0.1, 0.15) is 37.8 Å². The topological polar surface area (TPSA) is 21.3 Å². The minimum absolute atomic E-state index is 0.417. The van der Waals surface area contributed by atoms with Gasteiger partial charge < -0.3 is 10.1 Å². The van der Waals surface area contributed by atoms with Crippen molar-refractivity contribution in [2.24, 2.45) is 5.92 Å². The summed E-state index contributed by atoms with van der Waals surface area (Å²) in [5, 5.41) is 6.14. The third-order valence-corrected chi connectivity index (χ3v) is 4.27. The first-order chi connectivity index (χ1) is 9.76. The first-order valence-electron chi connectivity index (χ1n) is 7.57. The smallest absolute Gasteiger partial charge is 0.119 e. The van der Waals surface area contributed by atoms with Crippen LogP contribution in [0.2, 0.25) is 0 Å². The molecule has 1 N–H and O–H groups in total. The molecule has 0 radical (unpaired) electrons. The molecule has 2 heteroatoms. The fourth-order valence-corrected chi connectivity index (χ4v) is 2.67. The molecule has 0 amide bonds. The minimum Gasteiger partial charge on any atom is -0.497 e. The summed E-state index contributed by atoms with van der Waals surface area (Å²) < 4.78 is 5.27. The Bertz CT molecular complexity index is 589. The quantitative estimate of drug-likeness (QED) is 0.844. The van der Waals surface area contributed by atoms with Gasteiger partial charge in [0.05, 0.1) is 7.11 Å². The molecule has 0 saturated heterocycles. The number of fused-ring (bicyclic) bond motifs is 1. The Labute approximate surface area is 121 Å². The van der Waals surface area contributed by atoms with Gasteiger partial charge in [-0.1, -0.05) is 31.0 Å². The van der Waals surface area contributed by atoms with Crippen molar-refractivity contribution in [3.8, 4) is 5.75 Å². The SMILES string of the molecule is COc1ccc2cc(C(C)NCCC3CC3)ccc2c1. The van der Waals surface area contributed by atoms with Crippen molar-refractivity contribution in [2.45, 2.75) is 32.2 Å². The van der Waals surface area contributed by atoms with Gasteiger partial charge in [0.15, 0.2) is 0 Å². The van der Waals surface area contributed by atoms with E-state index in [0.29, 0.717) is 6.04 Å². The molecule has 20 heavy (non-hydrogen) atoms. The van der Waals surface area contributed by atoms with Crippen LogP contribution in [0.5, 0.6) is 5.75 Å². The van der Waals surface area contributed by atoms with Crippen LogP contribution in [0.3, 0.4) is 0 Å². The summed E-state index contributed by atoms with van der Waals surface area (Å²) in [5.41, 5.74) is 1.36. The average molecular weight is 269 g/mol. The maximum Gasteiger partial charge on any atom is 0.119 e. The number of nitrogens with one attached hydrogen (secondary N) is 1. The first-order valence-corrected chi connectivity index (χ1v) is 7.57. The summed E-state index contributed by atoms with van der Waals surface area (Å²) in [6.45, 7) is 3.38. The molecule has 3 rings (SSSR count). The fraction of sp³-hybridized carbons (Fsp3) is 0.444. The lowest BCUT2D eigenvalue weighted by atomic mass is 10.0. The Kier molecular flexibility index (Phi) is 3.93. The van der Waals surface area contributed by atoms with E-state index in [0.717, 1.165) is 18.2 Å². The molecular formula is C18H23NO. The highest BCUT2D eigenvalue weighted by Crippen LogP contribution is 2.32. The Morgan fingerprint density at radius 1 is 1.15 bits per heavy atom.